The minimum Gasteiger partial charge on any atom is -0.306 e. The Balaban J connectivity index is 1.29. The van der Waals surface area contributed by atoms with E-state index < -0.39 is 10.0 Å². The number of benzene rings is 3. The zero-order valence-corrected chi connectivity index (χ0v) is 20.9. The van der Waals surface area contributed by atoms with E-state index in [2.05, 4.69) is 9.88 Å². The molecule has 2 heterocycles. The van der Waals surface area contributed by atoms with Gasteiger partial charge in [0, 0.05) is 48.8 Å². The Morgan fingerprint density at radius 3 is 2.00 bits per heavy atom. The van der Waals surface area contributed by atoms with Gasteiger partial charge in [-0.2, -0.15) is 4.31 Å². The average Bonchev–Trinajstić information content (AvgIpc) is 3.36. The van der Waals surface area contributed by atoms with Gasteiger partial charge >= 0.3 is 0 Å². The van der Waals surface area contributed by atoms with Gasteiger partial charge in [-0.15, -0.1) is 0 Å². The number of carbonyl (C=O) groups excluding carboxylic acids is 1. The van der Waals surface area contributed by atoms with Gasteiger partial charge in [-0.3, -0.25) is 4.79 Å². The molecule has 0 saturated carbocycles. The van der Waals surface area contributed by atoms with Gasteiger partial charge in [0.2, 0.25) is 10.0 Å². The lowest BCUT2D eigenvalue weighted by molar-refractivity contribution is 0.103. The largest absolute Gasteiger partial charge is 0.306 e. The molecule has 0 aliphatic carbocycles. The smallest absolute Gasteiger partial charge is 0.243 e. The molecule has 1 aliphatic heterocycles. The molecule has 7 nitrogen and oxygen atoms in total. The highest BCUT2D eigenvalue weighted by molar-refractivity contribution is 7.89. The summed E-state index contributed by atoms with van der Waals surface area (Å²) in [5.41, 5.74) is 3.96. The van der Waals surface area contributed by atoms with E-state index in [-0.39, 0.29) is 5.78 Å². The van der Waals surface area contributed by atoms with Crippen LogP contribution in [0.15, 0.2) is 96.4 Å². The predicted octanol–water partition coefficient (Wildman–Crippen LogP) is 4.10. The van der Waals surface area contributed by atoms with Crippen molar-refractivity contribution in [3.63, 3.8) is 0 Å². The Morgan fingerprint density at radius 2 is 1.39 bits per heavy atom. The zero-order chi connectivity index (χ0) is 25.1. The quantitative estimate of drug-likeness (QED) is 0.373. The van der Waals surface area contributed by atoms with E-state index in [1.807, 2.05) is 66.3 Å². The highest BCUT2D eigenvalue weighted by Crippen LogP contribution is 2.25. The number of imidazole rings is 1. The molecule has 36 heavy (non-hydrogen) atoms. The lowest BCUT2D eigenvalue weighted by atomic mass is 9.99. The van der Waals surface area contributed by atoms with Crippen molar-refractivity contribution in [1.29, 1.82) is 0 Å². The fourth-order valence-electron chi connectivity index (χ4n) is 4.41. The maximum Gasteiger partial charge on any atom is 0.243 e. The molecule has 1 saturated heterocycles. The number of hydrogen-bond donors (Lipinski definition) is 0. The summed E-state index contributed by atoms with van der Waals surface area (Å²) >= 11 is 0. The van der Waals surface area contributed by atoms with Crippen molar-refractivity contribution in [2.24, 2.45) is 0 Å². The molecule has 0 unspecified atom stereocenters. The first kappa shape index (κ1) is 24.1. The van der Waals surface area contributed by atoms with E-state index in [0.717, 1.165) is 36.3 Å². The van der Waals surface area contributed by atoms with Gasteiger partial charge in [0.15, 0.2) is 5.78 Å². The second-order valence-corrected chi connectivity index (χ2v) is 10.9. The summed E-state index contributed by atoms with van der Waals surface area (Å²) in [5.74, 6) is -0.0525. The van der Waals surface area contributed by atoms with Crippen molar-refractivity contribution in [3.05, 3.63) is 103 Å². The minimum atomic E-state index is -3.52. The molecule has 1 aromatic heterocycles. The van der Waals surface area contributed by atoms with Crippen LogP contribution in [-0.2, 0) is 10.0 Å². The first-order valence-electron chi connectivity index (χ1n) is 11.9. The van der Waals surface area contributed by atoms with Crippen LogP contribution in [0.1, 0.15) is 22.3 Å². The van der Waals surface area contributed by atoms with Gasteiger partial charge in [-0.1, -0.05) is 36.4 Å². The molecule has 3 aromatic carbocycles. The number of hydrogen-bond acceptors (Lipinski definition) is 5. The number of carbonyl (C=O) groups is 1. The van der Waals surface area contributed by atoms with E-state index in [0.29, 0.717) is 29.1 Å². The molecule has 5 rings (SSSR count). The molecule has 0 N–H and O–H groups in total. The molecule has 1 fully saturated rings. The van der Waals surface area contributed by atoms with Crippen LogP contribution in [0.4, 0.5) is 0 Å². The van der Waals surface area contributed by atoms with E-state index in [9.17, 15) is 13.2 Å². The molecule has 0 radical (unpaired) electrons. The summed E-state index contributed by atoms with van der Waals surface area (Å²) in [6, 6.07) is 21.8. The zero-order valence-electron chi connectivity index (χ0n) is 20.1. The Labute approximate surface area is 211 Å². The summed E-state index contributed by atoms with van der Waals surface area (Å²) in [4.78, 5) is 19.5. The first-order valence-corrected chi connectivity index (χ1v) is 13.4. The maximum absolute atomic E-state index is 13.1. The molecular weight excluding hydrogens is 472 g/mol. The summed E-state index contributed by atoms with van der Waals surface area (Å²) in [6.45, 7) is 2.68. The van der Waals surface area contributed by atoms with Crippen molar-refractivity contribution in [3.8, 4) is 16.8 Å². The van der Waals surface area contributed by atoms with Gasteiger partial charge < -0.3 is 9.47 Å². The number of ketones is 1. The third-order valence-corrected chi connectivity index (χ3v) is 8.50. The van der Waals surface area contributed by atoms with E-state index >= 15 is 0 Å². The van der Waals surface area contributed by atoms with Crippen molar-refractivity contribution < 1.29 is 13.2 Å². The summed E-state index contributed by atoms with van der Waals surface area (Å²) in [5, 5.41) is 0. The van der Waals surface area contributed by atoms with Gasteiger partial charge in [-0.05, 0) is 67.5 Å². The molecule has 1 aliphatic rings. The van der Waals surface area contributed by atoms with Crippen LogP contribution in [0.5, 0.6) is 0 Å². The molecule has 184 valence electrons. The van der Waals surface area contributed by atoms with Gasteiger partial charge in [0.05, 0.1) is 11.2 Å². The monoisotopic (exact) mass is 500 g/mol. The number of likely N-dealkylation sites (N-methyl/N-ethyl adjacent to an activating group) is 1. The van der Waals surface area contributed by atoms with Gasteiger partial charge in [0.1, 0.15) is 0 Å². The second kappa shape index (κ2) is 10.2. The molecular formula is C28H28N4O3S. The van der Waals surface area contributed by atoms with E-state index in [4.69, 9.17) is 0 Å². The number of nitrogens with zero attached hydrogens (tertiary/aromatic N) is 4. The SMILES string of the molecule is CN1CCCN(S(=O)(=O)c2ccc(-c3ccc(C(=O)c4ccc(-n5ccnc5)cc4)cc3)cc2)CC1. The normalized spacial score (nSPS) is 15.5. The van der Waals surface area contributed by atoms with Crippen LogP contribution >= 0.6 is 0 Å². The summed E-state index contributed by atoms with van der Waals surface area (Å²) in [7, 11) is -1.50. The van der Waals surface area contributed by atoms with Gasteiger partial charge in [0.25, 0.3) is 0 Å². The third-order valence-electron chi connectivity index (χ3n) is 6.58. The van der Waals surface area contributed by atoms with Gasteiger partial charge in [-0.25, -0.2) is 13.4 Å². The molecule has 8 heteroatoms. The molecule has 4 aromatic rings. The molecule has 0 spiro atoms. The van der Waals surface area contributed by atoms with Crippen LogP contribution in [0, 0.1) is 0 Å². The molecule has 0 atom stereocenters. The standard InChI is InChI=1S/C28H28N4O3S/c1-30-16-2-17-32(20-19-30)36(34,35)27-13-9-23(10-14-27)22-3-5-24(6-4-22)28(33)25-7-11-26(12-8-25)31-18-15-29-21-31/h3-15,18,21H,2,16-17,19-20H2,1H3. The van der Waals surface area contributed by atoms with Crippen molar-refractivity contribution in [2.75, 3.05) is 33.2 Å². The van der Waals surface area contributed by atoms with Crippen LogP contribution < -0.4 is 0 Å². The van der Waals surface area contributed by atoms with Crippen LogP contribution in [0.2, 0.25) is 0 Å². The lowest BCUT2D eigenvalue weighted by Crippen LogP contribution is -2.34. The fraction of sp³-hybridized carbons (Fsp3) is 0.214. The highest BCUT2D eigenvalue weighted by atomic mass is 32.2. The first-order chi connectivity index (χ1) is 17.4. The Hall–Kier alpha value is -3.59. The lowest BCUT2D eigenvalue weighted by Gasteiger charge is -2.20. The second-order valence-electron chi connectivity index (χ2n) is 9.01. The maximum atomic E-state index is 13.1. The van der Waals surface area contributed by atoms with Crippen molar-refractivity contribution in [2.45, 2.75) is 11.3 Å². The Morgan fingerprint density at radius 1 is 0.778 bits per heavy atom. The van der Waals surface area contributed by atoms with Crippen LogP contribution in [0.3, 0.4) is 0 Å². The number of sulfonamides is 1. The van der Waals surface area contributed by atoms with E-state index in [1.165, 1.54) is 0 Å². The van der Waals surface area contributed by atoms with Crippen LogP contribution in [-0.4, -0.2) is 66.2 Å². The fourth-order valence-corrected chi connectivity index (χ4v) is 5.88. The predicted molar refractivity (Wildman–Crippen MR) is 140 cm³/mol. The number of aromatic nitrogens is 2. The Kier molecular flexibility index (Phi) is 6.82. The molecule has 0 amide bonds. The Bertz CT molecular complexity index is 1430. The van der Waals surface area contributed by atoms with Crippen molar-refractivity contribution in [1.82, 2.24) is 18.8 Å². The summed E-state index contributed by atoms with van der Waals surface area (Å²) in [6.07, 6.45) is 6.10. The molecule has 0 bridgehead atoms. The third kappa shape index (κ3) is 5.02. The van der Waals surface area contributed by atoms with Crippen molar-refractivity contribution >= 4 is 15.8 Å². The topological polar surface area (TPSA) is 75.5 Å². The van der Waals surface area contributed by atoms with Crippen LogP contribution in [0.25, 0.3) is 16.8 Å². The minimum absolute atomic E-state index is 0.0525. The highest BCUT2D eigenvalue weighted by Gasteiger charge is 2.26. The number of rotatable bonds is 6. The summed E-state index contributed by atoms with van der Waals surface area (Å²) < 4.78 is 29.7. The van der Waals surface area contributed by atoms with E-state index in [1.54, 1.807) is 41.1 Å². The average molecular weight is 501 g/mol.